The van der Waals surface area contributed by atoms with Crippen molar-refractivity contribution >= 4 is 5.69 Å². The summed E-state index contributed by atoms with van der Waals surface area (Å²) in [5.74, 6) is 0.662. The van der Waals surface area contributed by atoms with E-state index < -0.39 is 0 Å². The number of hydrogen-bond donors (Lipinski definition) is 2. The number of nitrogens with zero attached hydrogens (tertiary/aromatic N) is 2. The Balaban J connectivity index is 2.03. The van der Waals surface area contributed by atoms with Crippen LogP contribution < -0.4 is 16.6 Å². The van der Waals surface area contributed by atoms with Crippen molar-refractivity contribution in [1.29, 1.82) is 0 Å². The van der Waals surface area contributed by atoms with Crippen molar-refractivity contribution in [2.24, 2.45) is 5.92 Å². The molecular weight excluding hydrogens is 192 g/mol. The lowest BCUT2D eigenvalue weighted by Crippen LogP contribution is -2.30. The predicted octanol–water partition coefficient (Wildman–Crippen LogP) is -0.175. The van der Waals surface area contributed by atoms with Crippen LogP contribution >= 0.6 is 0 Å². The van der Waals surface area contributed by atoms with Crippen LogP contribution in [0.1, 0.15) is 12.8 Å². The van der Waals surface area contributed by atoms with Crippen LogP contribution in [0.5, 0.6) is 0 Å². The highest BCUT2D eigenvalue weighted by molar-refractivity contribution is 5.30. The Hall–Kier alpha value is -1.36. The Kier molecular flexibility index (Phi) is 3.01. The molecule has 1 aromatic rings. The second-order valence-electron chi connectivity index (χ2n) is 4.02. The van der Waals surface area contributed by atoms with Crippen LogP contribution in [0.15, 0.2) is 17.3 Å². The highest BCUT2D eigenvalue weighted by Crippen LogP contribution is 2.13. The van der Waals surface area contributed by atoms with Gasteiger partial charge in [-0.05, 0) is 31.8 Å². The molecule has 0 amide bonds. The molecule has 15 heavy (non-hydrogen) atoms. The van der Waals surface area contributed by atoms with Gasteiger partial charge >= 0.3 is 0 Å². The number of piperidine rings is 1. The summed E-state index contributed by atoms with van der Waals surface area (Å²) >= 11 is 0. The Bertz CT molecular complexity index is 381. The van der Waals surface area contributed by atoms with Gasteiger partial charge in [-0.3, -0.25) is 4.79 Å². The van der Waals surface area contributed by atoms with Crippen LogP contribution in [0, 0.1) is 5.92 Å². The van der Waals surface area contributed by atoms with Gasteiger partial charge in [0.25, 0.3) is 5.56 Å². The summed E-state index contributed by atoms with van der Waals surface area (Å²) in [6.45, 7) is 3.06. The average molecular weight is 208 g/mol. The largest absolute Gasteiger partial charge is 0.393 e. The maximum Gasteiger partial charge on any atom is 0.295 e. The molecule has 3 N–H and O–H groups in total. The quantitative estimate of drug-likeness (QED) is 0.707. The smallest absolute Gasteiger partial charge is 0.295 e. The monoisotopic (exact) mass is 208 g/mol. The van der Waals surface area contributed by atoms with Crippen molar-refractivity contribution in [3.8, 4) is 0 Å². The van der Waals surface area contributed by atoms with Crippen LogP contribution in [-0.2, 0) is 6.54 Å². The first-order valence-electron chi connectivity index (χ1n) is 5.28. The zero-order valence-electron chi connectivity index (χ0n) is 8.65. The van der Waals surface area contributed by atoms with E-state index in [2.05, 4.69) is 10.3 Å². The summed E-state index contributed by atoms with van der Waals surface area (Å²) in [4.78, 5) is 14.7. The van der Waals surface area contributed by atoms with E-state index in [0.717, 1.165) is 19.6 Å². The summed E-state index contributed by atoms with van der Waals surface area (Å²) in [5.41, 5.74) is 5.41. The minimum Gasteiger partial charge on any atom is -0.393 e. The van der Waals surface area contributed by atoms with Gasteiger partial charge in [0.2, 0.25) is 0 Å². The SMILES string of the molecule is Nc1cn(CC2CCNCC2)cnc1=O. The summed E-state index contributed by atoms with van der Waals surface area (Å²) in [6.07, 6.45) is 5.59. The predicted molar refractivity (Wildman–Crippen MR) is 58.5 cm³/mol. The summed E-state index contributed by atoms with van der Waals surface area (Å²) in [6, 6.07) is 0. The first-order chi connectivity index (χ1) is 7.25. The number of aromatic nitrogens is 2. The van der Waals surface area contributed by atoms with Gasteiger partial charge in [0.15, 0.2) is 0 Å². The van der Waals surface area contributed by atoms with Gasteiger partial charge in [0, 0.05) is 12.7 Å². The van der Waals surface area contributed by atoms with E-state index in [1.54, 1.807) is 12.5 Å². The zero-order chi connectivity index (χ0) is 10.7. The van der Waals surface area contributed by atoms with Crippen molar-refractivity contribution in [1.82, 2.24) is 14.9 Å². The molecule has 0 spiro atoms. The van der Waals surface area contributed by atoms with E-state index in [0.29, 0.717) is 5.92 Å². The third kappa shape index (κ3) is 2.56. The number of nitrogens with one attached hydrogen (secondary N) is 1. The summed E-state index contributed by atoms with van der Waals surface area (Å²) in [5, 5.41) is 3.32. The Morgan fingerprint density at radius 2 is 2.27 bits per heavy atom. The van der Waals surface area contributed by atoms with E-state index in [4.69, 9.17) is 5.73 Å². The lowest BCUT2D eigenvalue weighted by atomic mass is 9.98. The van der Waals surface area contributed by atoms with Crippen molar-refractivity contribution in [2.75, 3.05) is 18.8 Å². The molecule has 82 valence electrons. The molecule has 0 aromatic carbocycles. The lowest BCUT2D eigenvalue weighted by molar-refractivity contribution is 0.331. The van der Waals surface area contributed by atoms with Crippen LogP contribution in [0.25, 0.3) is 0 Å². The molecule has 5 nitrogen and oxygen atoms in total. The summed E-state index contributed by atoms with van der Waals surface area (Å²) in [7, 11) is 0. The molecule has 0 unspecified atom stereocenters. The molecule has 1 fully saturated rings. The highest BCUT2D eigenvalue weighted by Gasteiger charge is 2.13. The zero-order valence-corrected chi connectivity index (χ0v) is 8.65. The standard InChI is InChI=1S/C10H16N4O/c11-9-6-14(7-13-10(9)15)5-8-1-3-12-4-2-8/h6-8,12H,1-5,11H2. The molecule has 0 radical (unpaired) electrons. The third-order valence-corrected chi connectivity index (χ3v) is 2.80. The molecular formula is C10H16N4O. The fourth-order valence-corrected chi connectivity index (χ4v) is 1.93. The van der Waals surface area contributed by atoms with Crippen molar-refractivity contribution in [2.45, 2.75) is 19.4 Å². The Morgan fingerprint density at radius 3 is 2.93 bits per heavy atom. The van der Waals surface area contributed by atoms with Crippen molar-refractivity contribution in [3.63, 3.8) is 0 Å². The normalized spacial score (nSPS) is 17.9. The molecule has 0 saturated carbocycles. The molecule has 1 aliphatic heterocycles. The Labute approximate surface area is 88.3 Å². The molecule has 1 aliphatic rings. The highest BCUT2D eigenvalue weighted by atomic mass is 16.1. The number of anilines is 1. The topological polar surface area (TPSA) is 72.9 Å². The van der Waals surface area contributed by atoms with Crippen LogP contribution in [0.2, 0.25) is 0 Å². The molecule has 0 atom stereocenters. The maximum atomic E-state index is 11.0. The first kappa shape index (κ1) is 10.2. The van der Waals surface area contributed by atoms with Gasteiger partial charge in [0.05, 0.1) is 6.33 Å². The van der Waals surface area contributed by atoms with E-state index in [1.807, 2.05) is 4.57 Å². The lowest BCUT2D eigenvalue weighted by Gasteiger charge is -2.23. The number of nitrogens with two attached hydrogens (primary N) is 1. The van der Waals surface area contributed by atoms with Gasteiger partial charge < -0.3 is 15.6 Å². The number of rotatable bonds is 2. The fourth-order valence-electron chi connectivity index (χ4n) is 1.93. The first-order valence-corrected chi connectivity index (χ1v) is 5.28. The molecule has 0 aliphatic carbocycles. The van der Waals surface area contributed by atoms with Crippen molar-refractivity contribution < 1.29 is 0 Å². The van der Waals surface area contributed by atoms with Gasteiger partial charge in [-0.1, -0.05) is 0 Å². The van der Waals surface area contributed by atoms with Gasteiger partial charge in [0.1, 0.15) is 5.69 Å². The Morgan fingerprint density at radius 1 is 1.53 bits per heavy atom. The molecule has 1 saturated heterocycles. The fraction of sp³-hybridized carbons (Fsp3) is 0.600. The van der Waals surface area contributed by atoms with E-state index in [9.17, 15) is 4.79 Å². The molecule has 1 aromatic heterocycles. The molecule has 2 rings (SSSR count). The number of hydrogen-bond acceptors (Lipinski definition) is 4. The molecule has 2 heterocycles. The maximum absolute atomic E-state index is 11.0. The number of nitrogen functional groups attached to an aromatic ring is 1. The van der Waals surface area contributed by atoms with Crippen molar-refractivity contribution in [3.05, 3.63) is 22.9 Å². The second-order valence-corrected chi connectivity index (χ2v) is 4.02. The molecule has 5 heteroatoms. The van der Waals surface area contributed by atoms with E-state index >= 15 is 0 Å². The van der Waals surface area contributed by atoms with E-state index in [1.165, 1.54) is 12.8 Å². The minimum absolute atomic E-state index is 0.228. The second kappa shape index (κ2) is 4.44. The van der Waals surface area contributed by atoms with Gasteiger partial charge in [-0.25, -0.2) is 0 Å². The van der Waals surface area contributed by atoms with Gasteiger partial charge in [-0.15, -0.1) is 0 Å². The van der Waals surface area contributed by atoms with Crippen LogP contribution in [0.3, 0.4) is 0 Å². The van der Waals surface area contributed by atoms with Crippen LogP contribution in [-0.4, -0.2) is 22.6 Å². The third-order valence-electron chi connectivity index (χ3n) is 2.80. The summed E-state index contributed by atoms with van der Waals surface area (Å²) < 4.78 is 1.91. The molecule has 0 bridgehead atoms. The average Bonchev–Trinajstić information content (AvgIpc) is 2.25. The minimum atomic E-state index is -0.337. The van der Waals surface area contributed by atoms with Crippen LogP contribution in [0.4, 0.5) is 5.69 Å². The van der Waals surface area contributed by atoms with E-state index in [-0.39, 0.29) is 11.2 Å². The van der Waals surface area contributed by atoms with Gasteiger partial charge in [-0.2, -0.15) is 4.98 Å².